The molecule has 0 spiro atoms. The highest BCUT2D eigenvalue weighted by molar-refractivity contribution is 5.97. The van der Waals surface area contributed by atoms with E-state index in [-0.39, 0.29) is 30.1 Å². The molecule has 5 nitrogen and oxygen atoms in total. The molecular weight excluding hydrogens is 362 g/mol. The summed E-state index contributed by atoms with van der Waals surface area (Å²) in [5, 5.41) is 5.69. The molecule has 0 saturated carbocycles. The van der Waals surface area contributed by atoms with Crippen LogP contribution in [0.5, 0.6) is 0 Å². The summed E-state index contributed by atoms with van der Waals surface area (Å²) >= 11 is 0. The molecule has 0 fully saturated rings. The Balaban J connectivity index is 0.00000364. The number of anilines is 1. The third-order valence-electron chi connectivity index (χ3n) is 4.52. The lowest BCUT2D eigenvalue weighted by Gasteiger charge is -2.17. The molecule has 27 heavy (non-hydrogen) atoms. The minimum absolute atomic E-state index is 0. The van der Waals surface area contributed by atoms with Gasteiger partial charge in [-0.25, -0.2) is 0 Å². The Morgan fingerprint density at radius 2 is 1.67 bits per heavy atom. The van der Waals surface area contributed by atoms with Gasteiger partial charge in [-0.05, 0) is 42.2 Å². The predicted octanol–water partition coefficient (Wildman–Crippen LogP) is 3.39. The van der Waals surface area contributed by atoms with E-state index in [0.717, 1.165) is 12.8 Å². The van der Waals surface area contributed by atoms with Gasteiger partial charge in [0, 0.05) is 17.8 Å². The van der Waals surface area contributed by atoms with Crippen molar-refractivity contribution in [2.75, 3.05) is 11.9 Å². The summed E-state index contributed by atoms with van der Waals surface area (Å²) in [6, 6.07) is 16.3. The van der Waals surface area contributed by atoms with Crippen LogP contribution in [-0.2, 0) is 11.2 Å². The number of carbonyl (C=O) groups excluding carboxylic acids is 2. The van der Waals surface area contributed by atoms with Crippen molar-refractivity contribution in [2.24, 2.45) is 11.7 Å². The van der Waals surface area contributed by atoms with Crippen molar-refractivity contribution in [1.82, 2.24) is 5.32 Å². The molecule has 0 aliphatic heterocycles. The first-order valence-electron chi connectivity index (χ1n) is 9.00. The average molecular weight is 390 g/mol. The topological polar surface area (TPSA) is 84.2 Å². The van der Waals surface area contributed by atoms with E-state index in [0.29, 0.717) is 17.8 Å². The molecule has 2 atom stereocenters. The normalized spacial score (nSPS) is 12.4. The van der Waals surface area contributed by atoms with Gasteiger partial charge in [0.1, 0.15) is 0 Å². The maximum absolute atomic E-state index is 12.2. The lowest BCUT2D eigenvalue weighted by atomic mass is 9.99. The van der Waals surface area contributed by atoms with Crippen LogP contribution in [0.15, 0.2) is 54.6 Å². The Bertz CT molecular complexity index is 720. The molecule has 2 rings (SSSR count). The van der Waals surface area contributed by atoms with Crippen LogP contribution < -0.4 is 16.4 Å². The summed E-state index contributed by atoms with van der Waals surface area (Å²) in [7, 11) is 0. The fourth-order valence-electron chi connectivity index (χ4n) is 2.51. The van der Waals surface area contributed by atoms with E-state index >= 15 is 0 Å². The lowest BCUT2D eigenvalue weighted by molar-refractivity contribution is -0.118. The number of hydrogen-bond donors (Lipinski definition) is 3. The Kier molecular flexibility index (Phi) is 9.54. The number of benzene rings is 2. The van der Waals surface area contributed by atoms with Crippen molar-refractivity contribution in [2.45, 2.75) is 32.7 Å². The van der Waals surface area contributed by atoms with Gasteiger partial charge in [0.15, 0.2) is 0 Å². The molecule has 0 saturated heterocycles. The first-order valence-corrected chi connectivity index (χ1v) is 9.00. The maximum atomic E-state index is 12.2. The highest BCUT2D eigenvalue weighted by Crippen LogP contribution is 2.12. The van der Waals surface area contributed by atoms with E-state index in [1.807, 2.05) is 44.2 Å². The van der Waals surface area contributed by atoms with Crippen molar-refractivity contribution in [1.29, 1.82) is 0 Å². The quantitative estimate of drug-likeness (QED) is 0.647. The average Bonchev–Trinajstić information content (AvgIpc) is 2.68. The molecular formula is C21H28ClN3O2. The van der Waals surface area contributed by atoms with Gasteiger partial charge in [0.2, 0.25) is 5.91 Å². The van der Waals surface area contributed by atoms with E-state index in [1.165, 1.54) is 5.56 Å². The maximum Gasteiger partial charge on any atom is 0.251 e. The van der Waals surface area contributed by atoms with Crippen molar-refractivity contribution < 1.29 is 9.59 Å². The zero-order valence-corrected chi connectivity index (χ0v) is 16.6. The van der Waals surface area contributed by atoms with Crippen LogP contribution in [0.3, 0.4) is 0 Å². The number of amides is 2. The molecule has 0 bridgehead atoms. The molecule has 4 N–H and O–H groups in total. The largest absolute Gasteiger partial charge is 0.352 e. The molecule has 0 radical (unpaired) electrons. The third-order valence-corrected chi connectivity index (χ3v) is 4.52. The molecule has 2 unspecified atom stereocenters. The van der Waals surface area contributed by atoms with E-state index < -0.39 is 6.04 Å². The van der Waals surface area contributed by atoms with Gasteiger partial charge >= 0.3 is 0 Å². The van der Waals surface area contributed by atoms with Crippen LogP contribution in [0.2, 0.25) is 0 Å². The van der Waals surface area contributed by atoms with Crippen LogP contribution >= 0.6 is 12.4 Å². The lowest BCUT2D eigenvalue weighted by Crippen LogP contribution is -2.40. The number of rotatable bonds is 8. The molecule has 2 aromatic rings. The number of nitrogens with two attached hydrogens (primary N) is 1. The fourth-order valence-corrected chi connectivity index (χ4v) is 2.51. The van der Waals surface area contributed by atoms with Gasteiger partial charge in [-0.1, -0.05) is 50.6 Å². The van der Waals surface area contributed by atoms with Crippen molar-refractivity contribution in [3.05, 3.63) is 65.7 Å². The van der Waals surface area contributed by atoms with Crippen LogP contribution in [0.25, 0.3) is 0 Å². The SMILES string of the molecule is CCC(C)C(N)C(=O)Nc1ccc(C(=O)NCCc2ccccc2)cc1.Cl. The monoisotopic (exact) mass is 389 g/mol. The zero-order valence-electron chi connectivity index (χ0n) is 15.8. The van der Waals surface area contributed by atoms with Gasteiger partial charge < -0.3 is 16.4 Å². The first-order chi connectivity index (χ1) is 12.5. The summed E-state index contributed by atoms with van der Waals surface area (Å²) in [6.45, 7) is 4.53. The van der Waals surface area contributed by atoms with Crippen LogP contribution in [0.1, 0.15) is 36.2 Å². The molecule has 146 valence electrons. The molecule has 0 aliphatic rings. The van der Waals surface area contributed by atoms with E-state index in [1.54, 1.807) is 24.3 Å². The zero-order chi connectivity index (χ0) is 18.9. The van der Waals surface area contributed by atoms with Gasteiger partial charge in [0.25, 0.3) is 5.91 Å². The molecule has 0 aliphatic carbocycles. The van der Waals surface area contributed by atoms with Crippen LogP contribution in [0, 0.1) is 5.92 Å². The molecule has 2 amide bonds. The summed E-state index contributed by atoms with van der Waals surface area (Å²) in [4.78, 5) is 24.3. The highest BCUT2D eigenvalue weighted by Gasteiger charge is 2.19. The molecule has 6 heteroatoms. The van der Waals surface area contributed by atoms with Crippen LogP contribution in [-0.4, -0.2) is 24.4 Å². The number of halogens is 1. The summed E-state index contributed by atoms with van der Waals surface area (Å²) in [5.74, 6) is -0.223. The van der Waals surface area contributed by atoms with Gasteiger partial charge in [-0.15, -0.1) is 12.4 Å². The standard InChI is InChI=1S/C21H27N3O2.ClH/c1-3-15(2)19(22)21(26)24-18-11-9-17(10-12-18)20(25)23-14-13-16-7-5-4-6-8-16;/h4-12,15,19H,3,13-14,22H2,1-2H3,(H,23,25)(H,24,26);1H. The predicted molar refractivity (Wildman–Crippen MR) is 112 cm³/mol. The number of hydrogen-bond acceptors (Lipinski definition) is 3. The van der Waals surface area contributed by atoms with Crippen LogP contribution in [0.4, 0.5) is 5.69 Å². The summed E-state index contributed by atoms with van der Waals surface area (Å²) < 4.78 is 0. The fraction of sp³-hybridized carbons (Fsp3) is 0.333. The third kappa shape index (κ3) is 7.04. The Labute approximate surface area is 167 Å². The Morgan fingerprint density at radius 3 is 2.26 bits per heavy atom. The Hall–Kier alpha value is -2.37. The molecule has 0 heterocycles. The van der Waals surface area contributed by atoms with E-state index in [9.17, 15) is 9.59 Å². The smallest absolute Gasteiger partial charge is 0.251 e. The van der Waals surface area contributed by atoms with Crippen molar-refractivity contribution in [3.8, 4) is 0 Å². The first kappa shape index (κ1) is 22.7. The number of nitrogens with one attached hydrogen (secondary N) is 2. The minimum Gasteiger partial charge on any atom is -0.352 e. The second-order valence-electron chi connectivity index (χ2n) is 6.47. The minimum atomic E-state index is -0.541. The van der Waals surface area contributed by atoms with Crippen molar-refractivity contribution >= 4 is 29.9 Å². The summed E-state index contributed by atoms with van der Waals surface area (Å²) in [5.41, 5.74) is 8.30. The second-order valence-corrected chi connectivity index (χ2v) is 6.47. The molecule has 2 aromatic carbocycles. The van der Waals surface area contributed by atoms with Gasteiger partial charge in [-0.2, -0.15) is 0 Å². The van der Waals surface area contributed by atoms with E-state index in [4.69, 9.17) is 5.73 Å². The van der Waals surface area contributed by atoms with E-state index in [2.05, 4.69) is 10.6 Å². The Morgan fingerprint density at radius 1 is 1.04 bits per heavy atom. The van der Waals surface area contributed by atoms with Gasteiger partial charge in [-0.3, -0.25) is 9.59 Å². The summed E-state index contributed by atoms with van der Waals surface area (Å²) in [6.07, 6.45) is 1.63. The second kappa shape index (κ2) is 11.4. The molecule has 0 aromatic heterocycles. The van der Waals surface area contributed by atoms with Gasteiger partial charge in [0.05, 0.1) is 6.04 Å². The highest BCUT2D eigenvalue weighted by atomic mass is 35.5. The van der Waals surface area contributed by atoms with Crippen molar-refractivity contribution in [3.63, 3.8) is 0 Å². The number of carbonyl (C=O) groups is 2.